The SMILES string of the molecule is CN=C(NCc1cccc(N(C)C)n1)NC1CCCN(c2cc(C)ccc2F)C1.I. The minimum absolute atomic E-state index is 0. The van der Waals surface area contributed by atoms with Crippen LogP contribution in [0.2, 0.25) is 0 Å². The third-order valence-electron chi connectivity index (χ3n) is 5.12. The van der Waals surface area contributed by atoms with E-state index in [0.717, 1.165) is 49.0 Å². The Bertz CT molecular complexity index is 857. The largest absolute Gasteiger partial charge is 0.367 e. The number of nitrogens with one attached hydrogen (secondary N) is 2. The lowest BCUT2D eigenvalue weighted by Gasteiger charge is -2.35. The molecule has 1 saturated heterocycles. The Morgan fingerprint density at radius 3 is 2.83 bits per heavy atom. The number of benzene rings is 1. The van der Waals surface area contributed by atoms with Gasteiger partial charge in [-0.1, -0.05) is 12.1 Å². The van der Waals surface area contributed by atoms with Crippen LogP contribution in [0.25, 0.3) is 0 Å². The topological polar surface area (TPSA) is 55.8 Å². The van der Waals surface area contributed by atoms with Crippen molar-refractivity contribution in [3.05, 3.63) is 53.5 Å². The van der Waals surface area contributed by atoms with Crippen molar-refractivity contribution >= 4 is 41.4 Å². The summed E-state index contributed by atoms with van der Waals surface area (Å²) in [5.74, 6) is 1.50. The smallest absolute Gasteiger partial charge is 0.191 e. The van der Waals surface area contributed by atoms with Gasteiger partial charge in [0.05, 0.1) is 17.9 Å². The van der Waals surface area contributed by atoms with Gasteiger partial charge in [-0.2, -0.15) is 0 Å². The Hall–Kier alpha value is -2.10. The van der Waals surface area contributed by atoms with Crippen molar-refractivity contribution in [2.45, 2.75) is 32.4 Å². The summed E-state index contributed by atoms with van der Waals surface area (Å²) in [6, 6.07) is 11.5. The van der Waals surface area contributed by atoms with Crippen molar-refractivity contribution in [3.8, 4) is 0 Å². The van der Waals surface area contributed by atoms with Gasteiger partial charge in [0, 0.05) is 40.3 Å². The van der Waals surface area contributed by atoms with Gasteiger partial charge in [0.15, 0.2) is 5.96 Å². The number of anilines is 2. The molecule has 2 heterocycles. The molecule has 1 fully saturated rings. The molecule has 0 spiro atoms. The highest BCUT2D eigenvalue weighted by Crippen LogP contribution is 2.24. The lowest BCUT2D eigenvalue weighted by atomic mass is 10.0. The highest BCUT2D eigenvalue weighted by molar-refractivity contribution is 14.0. The molecule has 6 nitrogen and oxygen atoms in total. The number of nitrogens with zero attached hydrogens (tertiary/aromatic N) is 4. The van der Waals surface area contributed by atoms with E-state index in [4.69, 9.17) is 0 Å². The fraction of sp³-hybridized carbons (Fsp3) is 0.455. The molecular weight excluding hydrogens is 494 g/mol. The Morgan fingerprint density at radius 1 is 1.30 bits per heavy atom. The number of aromatic nitrogens is 1. The molecule has 8 heteroatoms. The number of halogens is 2. The molecule has 3 rings (SSSR count). The van der Waals surface area contributed by atoms with E-state index in [1.807, 2.05) is 56.3 Å². The molecule has 0 aliphatic carbocycles. The lowest BCUT2D eigenvalue weighted by molar-refractivity contribution is 0.462. The Kier molecular flexibility index (Phi) is 9.13. The highest BCUT2D eigenvalue weighted by Gasteiger charge is 2.23. The summed E-state index contributed by atoms with van der Waals surface area (Å²) in [5.41, 5.74) is 2.71. The summed E-state index contributed by atoms with van der Waals surface area (Å²) in [6.45, 7) is 4.19. The summed E-state index contributed by atoms with van der Waals surface area (Å²) in [7, 11) is 5.72. The van der Waals surface area contributed by atoms with Crippen LogP contribution < -0.4 is 20.4 Å². The fourth-order valence-electron chi connectivity index (χ4n) is 3.56. The quantitative estimate of drug-likeness (QED) is 0.355. The first-order valence-corrected chi connectivity index (χ1v) is 10.1. The minimum atomic E-state index is -0.161. The molecule has 30 heavy (non-hydrogen) atoms. The number of piperidine rings is 1. The van der Waals surface area contributed by atoms with Crippen LogP contribution in [0.4, 0.5) is 15.9 Å². The second kappa shape index (κ2) is 11.3. The summed E-state index contributed by atoms with van der Waals surface area (Å²) in [6.07, 6.45) is 2.04. The maximum Gasteiger partial charge on any atom is 0.191 e. The van der Waals surface area contributed by atoms with Crippen LogP contribution in [0, 0.1) is 12.7 Å². The minimum Gasteiger partial charge on any atom is -0.367 e. The third kappa shape index (κ3) is 6.45. The van der Waals surface area contributed by atoms with Crippen LogP contribution >= 0.6 is 24.0 Å². The second-order valence-electron chi connectivity index (χ2n) is 7.69. The number of hydrogen-bond acceptors (Lipinski definition) is 4. The Labute approximate surface area is 196 Å². The van der Waals surface area contributed by atoms with Gasteiger partial charge in [-0.25, -0.2) is 9.37 Å². The number of aryl methyl sites for hydroxylation is 1. The van der Waals surface area contributed by atoms with E-state index in [1.165, 1.54) is 0 Å². The van der Waals surface area contributed by atoms with Gasteiger partial charge in [-0.3, -0.25) is 4.99 Å². The van der Waals surface area contributed by atoms with Crippen molar-refractivity contribution in [1.82, 2.24) is 15.6 Å². The summed E-state index contributed by atoms with van der Waals surface area (Å²) >= 11 is 0. The maximum absolute atomic E-state index is 14.3. The number of guanidine groups is 1. The monoisotopic (exact) mass is 526 g/mol. The number of pyridine rings is 1. The van der Waals surface area contributed by atoms with E-state index in [2.05, 4.69) is 25.5 Å². The molecule has 1 aromatic heterocycles. The van der Waals surface area contributed by atoms with E-state index in [-0.39, 0.29) is 35.8 Å². The first-order valence-electron chi connectivity index (χ1n) is 10.1. The van der Waals surface area contributed by atoms with Crippen LogP contribution in [0.3, 0.4) is 0 Å². The zero-order valence-electron chi connectivity index (χ0n) is 18.2. The predicted octanol–water partition coefficient (Wildman–Crippen LogP) is 3.55. The molecular formula is C22H32FIN6. The maximum atomic E-state index is 14.3. The lowest BCUT2D eigenvalue weighted by Crippen LogP contribution is -2.51. The van der Waals surface area contributed by atoms with Crippen LogP contribution in [-0.4, -0.2) is 51.2 Å². The molecule has 1 aromatic carbocycles. The highest BCUT2D eigenvalue weighted by atomic mass is 127. The number of aliphatic imine (C=N–C) groups is 1. The Balaban J connectivity index is 0.00000320. The zero-order chi connectivity index (χ0) is 20.8. The van der Waals surface area contributed by atoms with Crippen molar-refractivity contribution in [2.75, 3.05) is 44.0 Å². The van der Waals surface area contributed by atoms with E-state index in [0.29, 0.717) is 12.2 Å². The van der Waals surface area contributed by atoms with Crippen LogP contribution in [0.1, 0.15) is 24.1 Å². The fourth-order valence-corrected chi connectivity index (χ4v) is 3.56. The third-order valence-corrected chi connectivity index (χ3v) is 5.12. The van der Waals surface area contributed by atoms with E-state index >= 15 is 0 Å². The summed E-state index contributed by atoms with van der Waals surface area (Å²) in [5, 5.41) is 6.82. The average Bonchev–Trinajstić information content (AvgIpc) is 2.73. The van der Waals surface area contributed by atoms with E-state index < -0.39 is 0 Å². The van der Waals surface area contributed by atoms with Gasteiger partial charge in [0.1, 0.15) is 11.6 Å². The molecule has 1 atom stereocenters. The van der Waals surface area contributed by atoms with Gasteiger partial charge in [0.2, 0.25) is 0 Å². The van der Waals surface area contributed by atoms with Gasteiger partial charge in [0.25, 0.3) is 0 Å². The first-order chi connectivity index (χ1) is 14.0. The molecule has 0 radical (unpaired) electrons. The molecule has 2 aromatic rings. The van der Waals surface area contributed by atoms with Crippen molar-refractivity contribution in [2.24, 2.45) is 4.99 Å². The van der Waals surface area contributed by atoms with Gasteiger partial charge >= 0.3 is 0 Å². The molecule has 0 amide bonds. The summed E-state index contributed by atoms with van der Waals surface area (Å²) in [4.78, 5) is 13.1. The molecule has 1 aliphatic rings. The van der Waals surface area contributed by atoms with E-state index in [9.17, 15) is 4.39 Å². The average molecular weight is 526 g/mol. The first kappa shape index (κ1) is 24.2. The van der Waals surface area contributed by atoms with Crippen molar-refractivity contribution in [1.29, 1.82) is 0 Å². The standard InChI is InChI=1S/C22H31FN6.HI/c1-16-10-11-19(23)20(13-16)29-12-6-8-18(15-29)27-22(24-2)25-14-17-7-5-9-21(26-17)28(3)4;/h5,7,9-11,13,18H,6,8,12,14-15H2,1-4H3,(H2,24,25,27);1H. The van der Waals surface area contributed by atoms with Crippen LogP contribution in [-0.2, 0) is 6.54 Å². The number of hydrogen-bond donors (Lipinski definition) is 2. The molecule has 1 aliphatic heterocycles. The van der Waals surface area contributed by atoms with Gasteiger partial charge < -0.3 is 20.4 Å². The van der Waals surface area contributed by atoms with Crippen molar-refractivity contribution in [3.63, 3.8) is 0 Å². The predicted molar refractivity (Wildman–Crippen MR) is 134 cm³/mol. The molecule has 2 N–H and O–H groups in total. The van der Waals surface area contributed by atoms with E-state index in [1.54, 1.807) is 13.1 Å². The molecule has 0 bridgehead atoms. The second-order valence-corrected chi connectivity index (χ2v) is 7.69. The van der Waals surface area contributed by atoms with Gasteiger partial charge in [-0.05, 0) is 49.6 Å². The van der Waals surface area contributed by atoms with Gasteiger partial charge in [-0.15, -0.1) is 24.0 Å². The van der Waals surface area contributed by atoms with Crippen LogP contribution in [0.5, 0.6) is 0 Å². The molecule has 0 saturated carbocycles. The molecule has 164 valence electrons. The van der Waals surface area contributed by atoms with Crippen LogP contribution in [0.15, 0.2) is 41.4 Å². The normalized spacial score (nSPS) is 16.6. The zero-order valence-corrected chi connectivity index (χ0v) is 20.5. The Morgan fingerprint density at radius 2 is 2.10 bits per heavy atom. The summed E-state index contributed by atoms with van der Waals surface area (Å²) < 4.78 is 14.3. The molecule has 1 unspecified atom stereocenters. The van der Waals surface area contributed by atoms with Crippen molar-refractivity contribution < 1.29 is 4.39 Å². The number of rotatable bonds is 5.